The highest BCUT2D eigenvalue weighted by molar-refractivity contribution is 5.22. The Hall–Kier alpha value is -1.92. The van der Waals surface area contributed by atoms with Crippen molar-refractivity contribution < 1.29 is 8.94 Å². The number of rotatable bonds is 6. The van der Waals surface area contributed by atoms with Gasteiger partial charge in [0.05, 0.1) is 0 Å². The van der Waals surface area contributed by atoms with Crippen molar-refractivity contribution in [3.05, 3.63) is 17.6 Å². The van der Waals surface area contributed by atoms with E-state index in [1.54, 1.807) is 4.90 Å². The van der Waals surface area contributed by atoms with Gasteiger partial charge in [-0.2, -0.15) is 4.98 Å². The van der Waals surface area contributed by atoms with E-state index < -0.39 is 0 Å². The summed E-state index contributed by atoms with van der Waals surface area (Å²) in [6.07, 6.45) is 1.54. The molecule has 0 spiro atoms. The molecule has 104 valence electrons. The van der Waals surface area contributed by atoms with Gasteiger partial charge in [0.25, 0.3) is 0 Å². The summed E-state index contributed by atoms with van der Waals surface area (Å²) in [6, 6.07) is 0.459. The van der Waals surface area contributed by atoms with Gasteiger partial charge in [-0.25, -0.2) is 0 Å². The molecule has 7 heteroatoms. The van der Waals surface area contributed by atoms with Gasteiger partial charge in [-0.05, 0) is 5.92 Å². The molecule has 7 nitrogen and oxygen atoms in total. The lowest BCUT2D eigenvalue weighted by molar-refractivity contribution is 0.367. The lowest BCUT2D eigenvalue weighted by Crippen LogP contribution is -2.17. The van der Waals surface area contributed by atoms with Crippen LogP contribution >= 0.6 is 0 Å². The second-order valence-electron chi connectivity index (χ2n) is 4.89. The first-order valence-corrected chi connectivity index (χ1v) is 6.43. The first-order valence-electron chi connectivity index (χ1n) is 6.43. The van der Waals surface area contributed by atoms with E-state index in [4.69, 9.17) is 8.94 Å². The molecule has 0 aliphatic heterocycles. The van der Waals surface area contributed by atoms with Crippen LogP contribution in [0.5, 0.6) is 0 Å². The Kier molecular flexibility index (Phi) is 4.13. The van der Waals surface area contributed by atoms with Crippen LogP contribution in [-0.4, -0.2) is 27.4 Å². The van der Waals surface area contributed by atoms with Gasteiger partial charge in [0.1, 0.15) is 6.54 Å². The van der Waals surface area contributed by atoms with Crippen LogP contribution in [0.25, 0.3) is 0 Å². The summed E-state index contributed by atoms with van der Waals surface area (Å²) in [7, 11) is 1.85. The molecule has 0 unspecified atom stereocenters. The minimum absolute atomic E-state index is 0.455. The Morgan fingerprint density at radius 1 is 1.21 bits per heavy atom. The fraction of sp³-hybridized carbons (Fsp3) is 0.667. The Morgan fingerprint density at radius 2 is 2.00 bits per heavy atom. The molecular formula is C12H19N5O2. The van der Waals surface area contributed by atoms with Gasteiger partial charge in [0, 0.05) is 19.9 Å². The van der Waals surface area contributed by atoms with Crippen molar-refractivity contribution >= 4 is 6.01 Å². The predicted molar refractivity (Wildman–Crippen MR) is 68.6 cm³/mol. The summed E-state index contributed by atoms with van der Waals surface area (Å²) in [5.41, 5.74) is 0. The summed E-state index contributed by atoms with van der Waals surface area (Å²) >= 11 is 0. The summed E-state index contributed by atoms with van der Waals surface area (Å²) in [5, 5.41) is 11.8. The lowest BCUT2D eigenvalue weighted by Gasteiger charge is -2.09. The second kappa shape index (κ2) is 5.81. The minimum Gasteiger partial charge on any atom is -0.408 e. The van der Waals surface area contributed by atoms with E-state index in [0.717, 1.165) is 18.7 Å². The van der Waals surface area contributed by atoms with Crippen LogP contribution in [0.15, 0.2) is 8.94 Å². The maximum Gasteiger partial charge on any atom is 0.318 e. The van der Waals surface area contributed by atoms with E-state index in [2.05, 4.69) is 34.2 Å². The highest BCUT2D eigenvalue weighted by Crippen LogP contribution is 2.14. The minimum atomic E-state index is 0.455. The van der Waals surface area contributed by atoms with Crippen LogP contribution in [0.2, 0.25) is 0 Å². The molecule has 0 atom stereocenters. The Labute approximate surface area is 112 Å². The molecule has 19 heavy (non-hydrogen) atoms. The first-order chi connectivity index (χ1) is 9.08. The zero-order valence-corrected chi connectivity index (χ0v) is 11.8. The first kappa shape index (κ1) is 13.5. The zero-order valence-electron chi connectivity index (χ0n) is 11.8. The molecule has 2 heterocycles. The second-order valence-corrected chi connectivity index (χ2v) is 4.89. The van der Waals surface area contributed by atoms with Gasteiger partial charge >= 0.3 is 6.01 Å². The molecule has 0 N–H and O–H groups in total. The van der Waals surface area contributed by atoms with Gasteiger partial charge in [0.15, 0.2) is 5.82 Å². The van der Waals surface area contributed by atoms with E-state index in [9.17, 15) is 0 Å². The highest BCUT2D eigenvalue weighted by Gasteiger charge is 2.14. The van der Waals surface area contributed by atoms with Crippen molar-refractivity contribution in [3.8, 4) is 0 Å². The SMILES string of the molecule is CCc1nnc(N(C)Cc2nc(CC(C)C)no2)o1. The molecule has 0 amide bonds. The zero-order chi connectivity index (χ0) is 13.8. The number of aromatic nitrogens is 4. The van der Waals surface area contributed by atoms with E-state index in [0.29, 0.717) is 30.3 Å². The number of hydrogen-bond donors (Lipinski definition) is 0. The third-order valence-corrected chi connectivity index (χ3v) is 2.56. The summed E-state index contributed by atoms with van der Waals surface area (Å²) < 4.78 is 10.7. The molecule has 0 aromatic carbocycles. The summed E-state index contributed by atoms with van der Waals surface area (Å²) in [6.45, 7) is 6.66. The molecule has 0 bridgehead atoms. The maximum absolute atomic E-state index is 5.45. The van der Waals surface area contributed by atoms with Gasteiger partial charge in [-0.1, -0.05) is 31.0 Å². The Morgan fingerprint density at radius 3 is 2.63 bits per heavy atom. The molecule has 0 saturated carbocycles. The quantitative estimate of drug-likeness (QED) is 0.788. The smallest absolute Gasteiger partial charge is 0.318 e. The van der Waals surface area contributed by atoms with Gasteiger partial charge in [-0.15, -0.1) is 5.10 Å². The third-order valence-electron chi connectivity index (χ3n) is 2.56. The van der Waals surface area contributed by atoms with Gasteiger partial charge in [0.2, 0.25) is 11.8 Å². The number of hydrogen-bond acceptors (Lipinski definition) is 7. The molecule has 0 aliphatic carbocycles. The van der Waals surface area contributed by atoms with E-state index in [1.807, 2.05) is 14.0 Å². The molecule has 2 aromatic rings. The van der Waals surface area contributed by atoms with E-state index in [1.165, 1.54) is 0 Å². The van der Waals surface area contributed by atoms with Gasteiger partial charge in [-0.3, -0.25) is 0 Å². The monoisotopic (exact) mass is 265 g/mol. The van der Waals surface area contributed by atoms with Crippen LogP contribution in [0.3, 0.4) is 0 Å². The van der Waals surface area contributed by atoms with Crippen molar-refractivity contribution in [1.29, 1.82) is 0 Å². The van der Waals surface area contributed by atoms with Crippen LogP contribution in [0.4, 0.5) is 6.01 Å². The average Bonchev–Trinajstić information content (AvgIpc) is 2.97. The van der Waals surface area contributed by atoms with Crippen LogP contribution in [0, 0.1) is 5.92 Å². The highest BCUT2D eigenvalue weighted by atomic mass is 16.5. The number of aryl methyl sites for hydroxylation is 1. The van der Waals surface area contributed by atoms with Crippen LogP contribution < -0.4 is 4.90 Å². The third kappa shape index (κ3) is 3.52. The Balaban J connectivity index is 1.98. The molecule has 0 fully saturated rings. The van der Waals surface area contributed by atoms with Crippen molar-refractivity contribution in [2.45, 2.75) is 40.2 Å². The molecule has 2 rings (SSSR count). The van der Waals surface area contributed by atoms with Crippen LogP contribution in [0.1, 0.15) is 38.4 Å². The molecular weight excluding hydrogens is 246 g/mol. The summed E-state index contributed by atoms with van der Waals surface area (Å²) in [4.78, 5) is 6.12. The van der Waals surface area contributed by atoms with Crippen molar-refractivity contribution in [3.63, 3.8) is 0 Å². The number of nitrogens with zero attached hydrogens (tertiary/aromatic N) is 5. The van der Waals surface area contributed by atoms with Crippen molar-refractivity contribution in [2.75, 3.05) is 11.9 Å². The lowest BCUT2D eigenvalue weighted by atomic mass is 10.1. The number of anilines is 1. The largest absolute Gasteiger partial charge is 0.408 e. The van der Waals surface area contributed by atoms with E-state index >= 15 is 0 Å². The molecule has 0 saturated heterocycles. The fourth-order valence-electron chi connectivity index (χ4n) is 1.61. The standard InChI is InChI=1S/C12H19N5O2/c1-5-10-14-15-12(18-10)17(4)7-11-13-9(16-19-11)6-8(2)3/h8H,5-7H2,1-4H3. The predicted octanol–water partition coefficient (Wildman–Crippen LogP) is 1.85. The van der Waals surface area contributed by atoms with Crippen LogP contribution in [-0.2, 0) is 19.4 Å². The van der Waals surface area contributed by atoms with Gasteiger partial charge < -0.3 is 13.8 Å². The normalized spacial score (nSPS) is 11.2. The molecule has 0 radical (unpaired) electrons. The summed E-state index contributed by atoms with van der Waals surface area (Å²) in [5.74, 6) is 2.41. The molecule has 2 aromatic heterocycles. The average molecular weight is 265 g/mol. The molecule has 0 aliphatic rings. The van der Waals surface area contributed by atoms with E-state index in [-0.39, 0.29) is 0 Å². The van der Waals surface area contributed by atoms with Crippen molar-refractivity contribution in [2.24, 2.45) is 5.92 Å². The Bertz CT molecular complexity index is 520. The topological polar surface area (TPSA) is 81.1 Å². The fourth-order valence-corrected chi connectivity index (χ4v) is 1.61. The maximum atomic E-state index is 5.45. The van der Waals surface area contributed by atoms with Crippen molar-refractivity contribution in [1.82, 2.24) is 20.3 Å².